The molecule has 0 saturated heterocycles. The van der Waals surface area contributed by atoms with Crippen LogP contribution in [0.15, 0.2) is 48.5 Å². The molecule has 7 heteroatoms. The van der Waals surface area contributed by atoms with Crippen LogP contribution in [0, 0.1) is 6.92 Å². The minimum Gasteiger partial charge on any atom is -0.343 e. The van der Waals surface area contributed by atoms with Crippen molar-refractivity contribution in [1.82, 2.24) is 10.2 Å². The average Bonchev–Trinajstić information content (AvgIpc) is 2.61. The van der Waals surface area contributed by atoms with Crippen LogP contribution in [0.25, 0.3) is 0 Å². The lowest BCUT2D eigenvalue weighted by Crippen LogP contribution is -2.41. The van der Waals surface area contributed by atoms with Gasteiger partial charge in [-0.25, -0.2) is 0 Å². The molecule has 0 fully saturated rings. The maximum absolute atomic E-state index is 12.1. The number of carbonyl (C=O) groups is 3. The van der Waals surface area contributed by atoms with E-state index in [9.17, 15) is 14.4 Å². The molecule has 0 heterocycles. The van der Waals surface area contributed by atoms with Gasteiger partial charge in [0.2, 0.25) is 11.8 Å². The molecule has 0 radical (unpaired) electrons. The number of benzene rings is 2. The van der Waals surface area contributed by atoms with Gasteiger partial charge in [-0.15, -0.1) is 0 Å². The van der Waals surface area contributed by atoms with Gasteiger partial charge in [0.05, 0.1) is 23.7 Å². The molecule has 0 aliphatic carbocycles. The van der Waals surface area contributed by atoms with Crippen molar-refractivity contribution in [2.75, 3.05) is 25.5 Å². The molecular weight excluding hydrogens is 354 g/mol. The summed E-state index contributed by atoms with van der Waals surface area (Å²) in [6.45, 7) is 1.61. The molecule has 2 aromatic rings. The van der Waals surface area contributed by atoms with E-state index in [1.54, 1.807) is 36.4 Å². The van der Waals surface area contributed by atoms with Crippen molar-refractivity contribution in [1.29, 1.82) is 0 Å². The van der Waals surface area contributed by atoms with Crippen LogP contribution >= 0.6 is 11.6 Å². The number of nitrogens with one attached hydrogen (secondary N) is 2. The molecule has 0 saturated carbocycles. The number of anilines is 1. The van der Waals surface area contributed by atoms with E-state index in [1.807, 2.05) is 19.1 Å². The van der Waals surface area contributed by atoms with Gasteiger partial charge in [0, 0.05) is 12.7 Å². The lowest BCUT2D eigenvalue weighted by Gasteiger charge is -2.17. The van der Waals surface area contributed by atoms with Crippen LogP contribution in [-0.2, 0) is 9.59 Å². The highest BCUT2D eigenvalue weighted by molar-refractivity contribution is 6.33. The van der Waals surface area contributed by atoms with Crippen molar-refractivity contribution >= 4 is 35.0 Å². The van der Waals surface area contributed by atoms with Gasteiger partial charge >= 0.3 is 0 Å². The largest absolute Gasteiger partial charge is 0.343 e. The Labute approximate surface area is 157 Å². The van der Waals surface area contributed by atoms with Crippen LogP contribution in [0.1, 0.15) is 15.9 Å². The average molecular weight is 374 g/mol. The monoisotopic (exact) mass is 373 g/mol. The molecule has 0 bridgehead atoms. The van der Waals surface area contributed by atoms with E-state index in [2.05, 4.69) is 10.6 Å². The summed E-state index contributed by atoms with van der Waals surface area (Å²) in [5, 5.41) is 5.53. The van der Waals surface area contributed by atoms with E-state index >= 15 is 0 Å². The Balaban J connectivity index is 1.81. The smallest absolute Gasteiger partial charge is 0.253 e. The Hall–Kier alpha value is -2.86. The Kier molecular flexibility index (Phi) is 6.74. The van der Waals surface area contributed by atoms with Crippen molar-refractivity contribution in [2.45, 2.75) is 6.92 Å². The maximum Gasteiger partial charge on any atom is 0.253 e. The number of rotatable bonds is 6. The second-order valence-electron chi connectivity index (χ2n) is 5.83. The lowest BCUT2D eigenvalue weighted by molar-refractivity contribution is -0.132. The fraction of sp³-hybridized carbons (Fsp3) is 0.211. The number of nitrogens with zero attached hydrogens (tertiary/aromatic N) is 1. The Morgan fingerprint density at radius 1 is 1.04 bits per heavy atom. The zero-order valence-corrected chi connectivity index (χ0v) is 15.3. The molecule has 0 aliphatic heterocycles. The van der Waals surface area contributed by atoms with Crippen LogP contribution in [0.2, 0.25) is 5.02 Å². The van der Waals surface area contributed by atoms with Gasteiger partial charge in [0.1, 0.15) is 0 Å². The van der Waals surface area contributed by atoms with Crippen LogP contribution < -0.4 is 10.6 Å². The Bertz CT molecular complexity index is 806. The fourth-order valence-corrected chi connectivity index (χ4v) is 2.39. The minimum absolute atomic E-state index is 0.116. The molecule has 0 aliphatic rings. The Morgan fingerprint density at radius 3 is 2.35 bits per heavy atom. The van der Waals surface area contributed by atoms with Crippen LogP contribution in [0.4, 0.5) is 5.69 Å². The van der Waals surface area contributed by atoms with Gasteiger partial charge in [-0.1, -0.05) is 41.4 Å². The summed E-state index contributed by atoms with van der Waals surface area (Å²) in [6, 6.07) is 13.9. The van der Waals surface area contributed by atoms with Crippen molar-refractivity contribution in [3.05, 3.63) is 64.7 Å². The number of amides is 3. The third-order valence-electron chi connectivity index (χ3n) is 3.66. The number of hydrogen-bond donors (Lipinski definition) is 2. The quantitative estimate of drug-likeness (QED) is 0.816. The number of halogens is 1. The molecule has 0 aromatic heterocycles. The van der Waals surface area contributed by atoms with E-state index in [4.69, 9.17) is 11.6 Å². The second-order valence-corrected chi connectivity index (χ2v) is 6.23. The fourth-order valence-electron chi connectivity index (χ4n) is 2.17. The normalized spacial score (nSPS) is 10.1. The lowest BCUT2D eigenvalue weighted by atomic mass is 10.2. The molecule has 136 valence electrons. The third kappa shape index (κ3) is 5.60. The summed E-state index contributed by atoms with van der Waals surface area (Å²) in [4.78, 5) is 37.4. The first kappa shape index (κ1) is 19.5. The van der Waals surface area contributed by atoms with E-state index in [0.717, 1.165) is 5.56 Å². The topological polar surface area (TPSA) is 78.5 Å². The summed E-state index contributed by atoms with van der Waals surface area (Å²) < 4.78 is 0. The predicted molar refractivity (Wildman–Crippen MR) is 101 cm³/mol. The highest BCUT2D eigenvalue weighted by atomic mass is 35.5. The SMILES string of the molecule is Cc1ccc(NC(=O)CN(C)C(=O)CNC(=O)c2ccccc2Cl)cc1. The van der Waals surface area contributed by atoms with Gasteiger partial charge in [0.25, 0.3) is 5.91 Å². The van der Waals surface area contributed by atoms with E-state index in [1.165, 1.54) is 11.9 Å². The summed E-state index contributed by atoms with van der Waals surface area (Å²) in [7, 11) is 1.50. The molecule has 6 nitrogen and oxygen atoms in total. The van der Waals surface area contributed by atoms with Crippen LogP contribution in [0.3, 0.4) is 0 Å². The van der Waals surface area contributed by atoms with Crippen molar-refractivity contribution in [3.63, 3.8) is 0 Å². The van der Waals surface area contributed by atoms with Gasteiger partial charge in [-0.05, 0) is 31.2 Å². The van der Waals surface area contributed by atoms with Gasteiger partial charge in [0.15, 0.2) is 0 Å². The van der Waals surface area contributed by atoms with Crippen molar-refractivity contribution in [3.8, 4) is 0 Å². The first-order valence-corrected chi connectivity index (χ1v) is 8.38. The van der Waals surface area contributed by atoms with Crippen molar-refractivity contribution < 1.29 is 14.4 Å². The summed E-state index contributed by atoms with van der Waals surface area (Å²) in [5.74, 6) is -1.15. The summed E-state index contributed by atoms with van der Waals surface area (Å²) >= 11 is 5.94. The highest BCUT2D eigenvalue weighted by Gasteiger charge is 2.15. The highest BCUT2D eigenvalue weighted by Crippen LogP contribution is 2.14. The number of carbonyl (C=O) groups excluding carboxylic acids is 3. The molecule has 26 heavy (non-hydrogen) atoms. The number of hydrogen-bond acceptors (Lipinski definition) is 3. The van der Waals surface area contributed by atoms with Gasteiger partial charge in [-0.2, -0.15) is 0 Å². The van der Waals surface area contributed by atoms with E-state index in [-0.39, 0.29) is 24.9 Å². The number of aryl methyl sites for hydroxylation is 1. The molecular formula is C19H20ClN3O3. The maximum atomic E-state index is 12.1. The first-order valence-electron chi connectivity index (χ1n) is 8.00. The molecule has 0 atom stereocenters. The third-order valence-corrected chi connectivity index (χ3v) is 3.99. The first-order chi connectivity index (χ1) is 12.4. The zero-order chi connectivity index (χ0) is 19.1. The summed E-state index contributed by atoms with van der Waals surface area (Å²) in [5.41, 5.74) is 2.04. The molecule has 0 spiro atoms. The van der Waals surface area contributed by atoms with E-state index in [0.29, 0.717) is 16.3 Å². The van der Waals surface area contributed by atoms with Crippen LogP contribution in [-0.4, -0.2) is 42.8 Å². The van der Waals surface area contributed by atoms with E-state index < -0.39 is 5.91 Å². The number of likely N-dealkylation sites (N-methyl/N-ethyl adjacent to an activating group) is 1. The molecule has 3 amide bonds. The Morgan fingerprint density at radius 2 is 1.69 bits per heavy atom. The molecule has 2 aromatic carbocycles. The minimum atomic E-state index is -0.443. The van der Waals surface area contributed by atoms with Crippen molar-refractivity contribution in [2.24, 2.45) is 0 Å². The second kappa shape index (κ2) is 9.01. The zero-order valence-electron chi connectivity index (χ0n) is 14.6. The standard InChI is InChI=1S/C19H20ClN3O3/c1-13-7-9-14(10-8-13)22-17(24)12-23(2)18(25)11-21-19(26)15-5-3-4-6-16(15)20/h3-10H,11-12H2,1-2H3,(H,21,26)(H,22,24). The predicted octanol–water partition coefficient (Wildman–Crippen LogP) is 2.48. The molecule has 2 rings (SSSR count). The van der Waals surface area contributed by atoms with Gasteiger partial charge in [-0.3, -0.25) is 14.4 Å². The molecule has 2 N–H and O–H groups in total. The van der Waals surface area contributed by atoms with Crippen LogP contribution in [0.5, 0.6) is 0 Å². The van der Waals surface area contributed by atoms with Gasteiger partial charge < -0.3 is 15.5 Å². The summed E-state index contributed by atoms with van der Waals surface area (Å²) in [6.07, 6.45) is 0. The molecule has 0 unspecified atom stereocenters.